The van der Waals surface area contributed by atoms with E-state index in [1.165, 1.54) is 37.7 Å². The Morgan fingerprint density at radius 3 is 2.13 bits per heavy atom. The smallest absolute Gasteiger partial charge is 0.0459 e. The minimum Gasteiger partial charge on any atom is -0.396 e. The lowest BCUT2D eigenvalue weighted by molar-refractivity contribution is 0.167. The highest BCUT2D eigenvalue weighted by Crippen LogP contribution is 2.30. The fraction of sp³-hybridized carbons (Fsp3) is 0.571. The molecule has 0 bridgehead atoms. The van der Waals surface area contributed by atoms with Crippen molar-refractivity contribution in [2.75, 3.05) is 6.61 Å². The molecule has 1 fully saturated rings. The van der Waals surface area contributed by atoms with Crippen LogP contribution >= 0.6 is 0 Å². The van der Waals surface area contributed by atoms with Crippen LogP contribution in [-0.4, -0.2) is 11.7 Å². The molecule has 1 aliphatic rings. The van der Waals surface area contributed by atoms with Crippen LogP contribution in [0.25, 0.3) is 0 Å². The monoisotopic (exact) mass is 204 g/mol. The molecule has 0 unspecified atom stereocenters. The average molecular weight is 204 g/mol. The number of aliphatic hydroxyl groups excluding tert-OH is 1. The lowest BCUT2D eigenvalue weighted by Crippen LogP contribution is -2.18. The third-order valence-electron chi connectivity index (χ3n) is 3.59. The Morgan fingerprint density at radius 1 is 0.933 bits per heavy atom. The molecule has 1 aromatic carbocycles. The molecule has 1 nitrogen and oxygen atoms in total. The summed E-state index contributed by atoms with van der Waals surface area (Å²) >= 11 is 0. The molecular weight excluding hydrogens is 184 g/mol. The Labute approximate surface area is 92.1 Å². The Bertz CT molecular complexity index is 273. The van der Waals surface area contributed by atoms with Gasteiger partial charge in [0, 0.05) is 6.61 Å². The van der Waals surface area contributed by atoms with Gasteiger partial charge in [-0.2, -0.15) is 0 Å². The summed E-state index contributed by atoms with van der Waals surface area (Å²) in [7, 11) is 0. The maximum absolute atomic E-state index is 9.07. The number of benzene rings is 1. The molecule has 0 aromatic heterocycles. The second kappa shape index (κ2) is 5.32. The van der Waals surface area contributed by atoms with Gasteiger partial charge in [0.15, 0.2) is 0 Å². The molecule has 1 aromatic rings. The third kappa shape index (κ3) is 3.07. The van der Waals surface area contributed by atoms with E-state index in [9.17, 15) is 0 Å². The number of aliphatic hydroxyl groups is 1. The van der Waals surface area contributed by atoms with E-state index in [-0.39, 0.29) is 0 Å². The number of rotatable bonds is 3. The zero-order valence-corrected chi connectivity index (χ0v) is 9.23. The van der Waals surface area contributed by atoms with Crippen LogP contribution < -0.4 is 0 Å². The van der Waals surface area contributed by atoms with Crippen LogP contribution in [0.15, 0.2) is 30.3 Å². The Morgan fingerprint density at radius 2 is 1.53 bits per heavy atom. The van der Waals surface area contributed by atoms with Gasteiger partial charge in [0.25, 0.3) is 0 Å². The molecule has 1 aliphatic carbocycles. The molecule has 1 N–H and O–H groups in total. The van der Waals surface area contributed by atoms with E-state index < -0.39 is 0 Å². The van der Waals surface area contributed by atoms with Gasteiger partial charge in [0.1, 0.15) is 0 Å². The summed E-state index contributed by atoms with van der Waals surface area (Å²) in [5.74, 6) is 1.42. The van der Waals surface area contributed by atoms with Gasteiger partial charge in [0.05, 0.1) is 0 Å². The largest absolute Gasteiger partial charge is 0.396 e. The van der Waals surface area contributed by atoms with Crippen LogP contribution in [0.1, 0.15) is 31.2 Å². The average Bonchev–Trinajstić information content (AvgIpc) is 2.31. The quantitative estimate of drug-likeness (QED) is 0.802. The van der Waals surface area contributed by atoms with Crippen LogP contribution in [0.5, 0.6) is 0 Å². The lowest BCUT2D eigenvalue weighted by Gasteiger charge is -2.27. The maximum atomic E-state index is 9.07. The van der Waals surface area contributed by atoms with Gasteiger partial charge in [-0.25, -0.2) is 0 Å². The van der Waals surface area contributed by atoms with Gasteiger partial charge >= 0.3 is 0 Å². The summed E-state index contributed by atoms with van der Waals surface area (Å²) in [5.41, 5.74) is 1.46. The van der Waals surface area contributed by atoms with Crippen molar-refractivity contribution >= 4 is 0 Å². The van der Waals surface area contributed by atoms with Crippen LogP contribution in [-0.2, 0) is 6.42 Å². The predicted molar refractivity (Wildman–Crippen MR) is 62.7 cm³/mol. The maximum Gasteiger partial charge on any atom is 0.0459 e. The first-order valence-corrected chi connectivity index (χ1v) is 6.03. The van der Waals surface area contributed by atoms with Crippen LogP contribution in [0.4, 0.5) is 0 Å². The molecule has 0 heterocycles. The van der Waals surface area contributed by atoms with Crippen molar-refractivity contribution in [2.24, 2.45) is 11.8 Å². The summed E-state index contributed by atoms with van der Waals surface area (Å²) in [6.07, 6.45) is 6.24. The fourth-order valence-corrected chi connectivity index (χ4v) is 2.57. The van der Waals surface area contributed by atoms with E-state index in [4.69, 9.17) is 5.11 Å². The van der Waals surface area contributed by atoms with Crippen molar-refractivity contribution in [1.82, 2.24) is 0 Å². The van der Waals surface area contributed by atoms with E-state index in [1.54, 1.807) is 0 Å². The molecule has 0 amide bonds. The minimum atomic E-state index is 0.387. The van der Waals surface area contributed by atoms with Crippen molar-refractivity contribution in [3.8, 4) is 0 Å². The molecule has 0 saturated heterocycles. The SMILES string of the molecule is OCC1CCC(Cc2ccccc2)CC1. The zero-order chi connectivity index (χ0) is 10.5. The summed E-state index contributed by atoms with van der Waals surface area (Å²) in [4.78, 5) is 0. The van der Waals surface area contributed by atoms with E-state index >= 15 is 0 Å². The molecule has 2 rings (SSSR count). The normalized spacial score (nSPS) is 26.5. The predicted octanol–water partition coefficient (Wildman–Crippen LogP) is 3.03. The molecule has 15 heavy (non-hydrogen) atoms. The van der Waals surface area contributed by atoms with Crippen molar-refractivity contribution in [3.63, 3.8) is 0 Å². The van der Waals surface area contributed by atoms with Crippen LogP contribution in [0, 0.1) is 11.8 Å². The van der Waals surface area contributed by atoms with Crippen molar-refractivity contribution in [1.29, 1.82) is 0 Å². The Hall–Kier alpha value is -0.820. The zero-order valence-electron chi connectivity index (χ0n) is 9.23. The second-order valence-corrected chi connectivity index (χ2v) is 4.76. The molecule has 0 radical (unpaired) electrons. The Balaban J connectivity index is 1.82. The highest BCUT2D eigenvalue weighted by atomic mass is 16.3. The second-order valence-electron chi connectivity index (χ2n) is 4.76. The van der Waals surface area contributed by atoms with E-state index in [0.29, 0.717) is 12.5 Å². The van der Waals surface area contributed by atoms with E-state index in [2.05, 4.69) is 30.3 Å². The van der Waals surface area contributed by atoms with Crippen LogP contribution in [0.3, 0.4) is 0 Å². The molecule has 1 heteroatoms. The highest BCUT2D eigenvalue weighted by molar-refractivity contribution is 5.15. The van der Waals surface area contributed by atoms with E-state index in [0.717, 1.165) is 5.92 Å². The molecule has 1 saturated carbocycles. The first-order valence-electron chi connectivity index (χ1n) is 6.03. The van der Waals surface area contributed by atoms with Crippen molar-refractivity contribution in [3.05, 3.63) is 35.9 Å². The van der Waals surface area contributed by atoms with Crippen LogP contribution in [0.2, 0.25) is 0 Å². The number of hydrogen-bond acceptors (Lipinski definition) is 1. The first kappa shape index (κ1) is 10.7. The van der Waals surface area contributed by atoms with Crippen molar-refractivity contribution in [2.45, 2.75) is 32.1 Å². The molecule has 0 spiro atoms. The molecule has 82 valence electrons. The van der Waals surface area contributed by atoms with Crippen molar-refractivity contribution < 1.29 is 5.11 Å². The Kier molecular flexibility index (Phi) is 3.79. The molecular formula is C14H20O. The van der Waals surface area contributed by atoms with Gasteiger partial charge < -0.3 is 5.11 Å². The topological polar surface area (TPSA) is 20.2 Å². The summed E-state index contributed by atoms with van der Waals surface area (Å²) in [6, 6.07) is 10.8. The summed E-state index contributed by atoms with van der Waals surface area (Å²) in [6.45, 7) is 0.387. The first-order chi connectivity index (χ1) is 7.38. The molecule has 0 aliphatic heterocycles. The van der Waals surface area contributed by atoms with Gasteiger partial charge in [0.2, 0.25) is 0 Å². The molecule has 0 atom stereocenters. The fourth-order valence-electron chi connectivity index (χ4n) is 2.57. The number of hydrogen-bond donors (Lipinski definition) is 1. The summed E-state index contributed by atoms with van der Waals surface area (Å²) in [5, 5.41) is 9.07. The summed E-state index contributed by atoms with van der Waals surface area (Å²) < 4.78 is 0. The lowest BCUT2D eigenvalue weighted by atomic mass is 9.80. The van der Waals surface area contributed by atoms with Gasteiger partial charge in [-0.1, -0.05) is 30.3 Å². The standard InChI is InChI=1S/C14H20O/c15-11-14-8-6-13(7-9-14)10-12-4-2-1-3-5-12/h1-5,13-15H,6-11H2. The van der Waals surface area contributed by atoms with Gasteiger partial charge in [-0.15, -0.1) is 0 Å². The van der Waals surface area contributed by atoms with Gasteiger partial charge in [-0.05, 0) is 49.5 Å². The highest BCUT2D eigenvalue weighted by Gasteiger charge is 2.20. The van der Waals surface area contributed by atoms with Gasteiger partial charge in [-0.3, -0.25) is 0 Å². The minimum absolute atomic E-state index is 0.387. The third-order valence-corrected chi connectivity index (χ3v) is 3.59. The van der Waals surface area contributed by atoms with E-state index in [1.807, 2.05) is 0 Å².